The summed E-state index contributed by atoms with van der Waals surface area (Å²) >= 11 is 5.94. The number of aromatic nitrogens is 2. The summed E-state index contributed by atoms with van der Waals surface area (Å²) in [6.45, 7) is 0.110. The average molecular weight is 267 g/mol. The molecule has 0 spiro atoms. The van der Waals surface area contributed by atoms with Crippen molar-refractivity contribution >= 4 is 17.6 Å². The number of rotatable bonds is 4. The summed E-state index contributed by atoms with van der Waals surface area (Å²) in [6, 6.07) is 7.02. The van der Waals surface area contributed by atoms with E-state index in [9.17, 15) is 4.79 Å². The molecule has 0 aliphatic heterocycles. The number of carbonyl (C=O) groups is 1. The molecule has 0 aliphatic rings. The molecule has 5 nitrogen and oxygen atoms in total. The zero-order chi connectivity index (χ0) is 13.1. The number of hydrogen-bond acceptors (Lipinski definition) is 3. The first kappa shape index (κ1) is 12.4. The van der Waals surface area contributed by atoms with E-state index in [4.69, 9.17) is 21.4 Å². The zero-order valence-electron chi connectivity index (χ0n) is 9.63. The fourth-order valence-electron chi connectivity index (χ4n) is 1.58. The largest absolute Gasteiger partial charge is 0.487 e. The maximum Gasteiger partial charge on any atom is 0.354 e. The number of para-hydroxylation sites is 1. The Morgan fingerprint density at radius 3 is 2.89 bits per heavy atom. The van der Waals surface area contributed by atoms with Gasteiger partial charge in [-0.15, -0.1) is 0 Å². The van der Waals surface area contributed by atoms with Crippen molar-refractivity contribution < 1.29 is 14.6 Å². The van der Waals surface area contributed by atoms with Gasteiger partial charge in [0.25, 0.3) is 0 Å². The van der Waals surface area contributed by atoms with Gasteiger partial charge in [0.2, 0.25) is 0 Å². The smallest absolute Gasteiger partial charge is 0.354 e. The van der Waals surface area contributed by atoms with Gasteiger partial charge in [-0.1, -0.05) is 23.7 Å². The van der Waals surface area contributed by atoms with Crippen LogP contribution >= 0.6 is 11.6 Å². The van der Waals surface area contributed by atoms with Gasteiger partial charge in [-0.2, -0.15) is 5.10 Å². The first-order valence-electron chi connectivity index (χ1n) is 5.21. The molecule has 6 heteroatoms. The number of nitrogens with zero attached hydrogens (tertiary/aromatic N) is 2. The molecule has 2 rings (SSSR count). The van der Waals surface area contributed by atoms with Crippen molar-refractivity contribution in [3.63, 3.8) is 0 Å². The van der Waals surface area contributed by atoms with Gasteiger partial charge in [-0.25, -0.2) is 4.79 Å². The van der Waals surface area contributed by atoms with Crippen LogP contribution in [0.15, 0.2) is 30.5 Å². The lowest BCUT2D eigenvalue weighted by Crippen LogP contribution is -2.09. The Morgan fingerprint density at radius 1 is 1.50 bits per heavy atom. The first-order valence-corrected chi connectivity index (χ1v) is 5.59. The minimum atomic E-state index is -1.03. The van der Waals surface area contributed by atoms with Crippen molar-refractivity contribution in [2.75, 3.05) is 0 Å². The molecule has 2 aromatic rings. The highest BCUT2D eigenvalue weighted by atomic mass is 35.5. The van der Waals surface area contributed by atoms with E-state index < -0.39 is 5.97 Å². The SMILES string of the molecule is Cn1ncc(COc2ccccc2Cl)c1C(=O)O. The highest BCUT2D eigenvalue weighted by Crippen LogP contribution is 2.24. The molecule has 1 N–H and O–H groups in total. The quantitative estimate of drug-likeness (QED) is 0.923. The number of ether oxygens (including phenoxy) is 1. The molecule has 0 saturated heterocycles. The summed E-state index contributed by atoms with van der Waals surface area (Å²) < 4.78 is 6.78. The molecule has 18 heavy (non-hydrogen) atoms. The number of benzene rings is 1. The van der Waals surface area contributed by atoms with E-state index >= 15 is 0 Å². The second-order valence-corrected chi connectivity index (χ2v) is 4.07. The molecule has 0 aliphatic carbocycles. The molecule has 0 unspecified atom stereocenters. The van der Waals surface area contributed by atoms with Crippen LogP contribution < -0.4 is 4.74 Å². The lowest BCUT2D eigenvalue weighted by atomic mass is 10.2. The molecule has 0 saturated carbocycles. The van der Waals surface area contributed by atoms with Crippen LogP contribution in [0.1, 0.15) is 16.1 Å². The molecule has 0 fully saturated rings. The van der Waals surface area contributed by atoms with Crippen LogP contribution in [0.5, 0.6) is 5.75 Å². The van der Waals surface area contributed by atoms with E-state index in [-0.39, 0.29) is 12.3 Å². The Balaban J connectivity index is 2.16. The van der Waals surface area contributed by atoms with E-state index in [0.29, 0.717) is 16.3 Å². The van der Waals surface area contributed by atoms with Crippen LogP contribution in [0.3, 0.4) is 0 Å². The van der Waals surface area contributed by atoms with Crippen LogP contribution in [0.2, 0.25) is 5.02 Å². The normalized spacial score (nSPS) is 10.3. The van der Waals surface area contributed by atoms with Gasteiger partial charge in [-0.05, 0) is 12.1 Å². The topological polar surface area (TPSA) is 64.4 Å². The summed E-state index contributed by atoms with van der Waals surface area (Å²) in [6.07, 6.45) is 1.47. The number of carboxylic acid groups (broad SMARTS) is 1. The van der Waals surface area contributed by atoms with Crippen molar-refractivity contribution in [2.45, 2.75) is 6.61 Å². The van der Waals surface area contributed by atoms with E-state index in [2.05, 4.69) is 5.10 Å². The zero-order valence-corrected chi connectivity index (χ0v) is 10.4. The molecule has 0 radical (unpaired) electrons. The van der Waals surface area contributed by atoms with Crippen LogP contribution in [0, 0.1) is 0 Å². The predicted molar refractivity (Wildman–Crippen MR) is 66.0 cm³/mol. The Kier molecular flexibility index (Phi) is 3.53. The lowest BCUT2D eigenvalue weighted by Gasteiger charge is -2.07. The highest BCUT2D eigenvalue weighted by Gasteiger charge is 2.16. The summed E-state index contributed by atoms with van der Waals surface area (Å²) in [5.41, 5.74) is 0.618. The molecule has 0 amide bonds. The molecule has 94 valence electrons. The Bertz CT molecular complexity index is 580. The Hall–Kier alpha value is -2.01. The monoisotopic (exact) mass is 266 g/mol. The standard InChI is InChI=1S/C12H11ClN2O3/c1-15-11(12(16)17)8(6-14-15)7-18-10-5-3-2-4-9(10)13/h2-6H,7H2,1H3,(H,16,17). The molecular weight excluding hydrogens is 256 g/mol. The van der Waals surface area contributed by atoms with E-state index in [1.807, 2.05) is 0 Å². The third kappa shape index (κ3) is 2.46. The first-order chi connectivity index (χ1) is 8.59. The van der Waals surface area contributed by atoms with Gasteiger partial charge in [0.15, 0.2) is 5.69 Å². The van der Waals surface area contributed by atoms with E-state index in [0.717, 1.165) is 0 Å². The van der Waals surface area contributed by atoms with Crippen molar-refractivity contribution in [2.24, 2.45) is 7.05 Å². The van der Waals surface area contributed by atoms with E-state index in [1.54, 1.807) is 31.3 Å². The maximum absolute atomic E-state index is 11.0. The average Bonchev–Trinajstić information content (AvgIpc) is 2.69. The van der Waals surface area contributed by atoms with Crippen molar-refractivity contribution in [3.8, 4) is 5.75 Å². The minimum absolute atomic E-state index is 0.110. The van der Waals surface area contributed by atoms with E-state index in [1.165, 1.54) is 10.9 Å². The number of halogens is 1. The molecular formula is C12H11ClN2O3. The van der Waals surface area contributed by atoms with Crippen LogP contribution in [-0.4, -0.2) is 20.9 Å². The maximum atomic E-state index is 11.0. The van der Waals surface area contributed by atoms with Gasteiger partial charge >= 0.3 is 5.97 Å². The fraction of sp³-hybridized carbons (Fsp3) is 0.167. The van der Waals surface area contributed by atoms with Gasteiger partial charge in [-0.3, -0.25) is 4.68 Å². The number of hydrogen-bond donors (Lipinski definition) is 1. The third-order valence-electron chi connectivity index (χ3n) is 2.44. The van der Waals surface area contributed by atoms with Gasteiger partial charge < -0.3 is 9.84 Å². The van der Waals surface area contributed by atoms with Crippen molar-refractivity contribution in [1.29, 1.82) is 0 Å². The van der Waals surface area contributed by atoms with Gasteiger partial charge in [0.1, 0.15) is 12.4 Å². The number of aryl methyl sites for hydroxylation is 1. The summed E-state index contributed by atoms with van der Waals surface area (Å²) in [5.74, 6) is -0.521. The highest BCUT2D eigenvalue weighted by molar-refractivity contribution is 6.32. The Labute approximate surface area is 109 Å². The number of aromatic carboxylic acids is 1. The molecule has 1 aromatic carbocycles. The van der Waals surface area contributed by atoms with Crippen LogP contribution in [-0.2, 0) is 13.7 Å². The summed E-state index contributed by atoms with van der Waals surface area (Å²) in [4.78, 5) is 11.0. The third-order valence-corrected chi connectivity index (χ3v) is 2.75. The number of carboxylic acids is 1. The predicted octanol–water partition coefficient (Wildman–Crippen LogP) is 2.35. The fourth-order valence-corrected chi connectivity index (χ4v) is 1.77. The van der Waals surface area contributed by atoms with Crippen molar-refractivity contribution in [1.82, 2.24) is 9.78 Å². The van der Waals surface area contributed by atoms with Crippen LogP contribution in [0.4, 0.5) is 0 Å². The van der Waals surface area contributed by atoms with Crippen LogP contribution in [0.25, 0.3) is 0 Å². The lowest BCUT2D eigenvalue weighted by molar-refractivity contribution is 0.0682. The molecule has 0 bridgehead atoms. The summed E-state index contributed by atoms with van der Waals surface area (Å²) in [7, 11) is 1.57. The van der Waals surface area contributed by atoms with Gasteiger partial charge in [0, 0.05) is 12.6 Å². The second-order valence-electron chi connectivity index (χ2n) is 3.67. The molecule has 0 atom stereocenters. The Morgan fingerprint density at radius 2 is 2.22 bits per heavy atom. The molecule has 1 aromatic heterocycles. The molecule has 1 heterocycles. The summed E-state index contributed by atoms with van der Waals surface area (Å²) in [5, 5.41) is 13.4. The second kappa shape index (κ2) is 5.10. The minimum Gasteiger partial charge on any atom is -0.487 e. The van der Waals surface area contributed by atoms with Crippen molar-refractivity contribution in [3.05, 3.63) is 46.7 Å². The van der Waals surface area contributed by atoms with Gasteiger partial charge in [0.05, 0.1) is 11.2 Å².